The number of nitrogens with two attached hydrogens (primary N) is 2. The monoisotopic (exact) mass is 341 g/mol. The van der Waals surface area contributed by atoms with Gasteiger partial charge >= 0.3 is 0 Å². The fraction of sp³-hybridized carbons (Fsp3) is 0.286. The molecule has 1 aromatic carbocycles. The van der Waals surface area contributed by atoms with Gasteiger partial charge in [0.25, 0.3) is 0 Å². The summed E-state index contributed by atoms with van der Waals surface area (Å²) in [6.45, 7) is 0.893. The largest absolute Gasteiger partial charge is 0.492 e. The minimum Gasteiger partial charge on any atom is -0.492 e. The van der Waals surface area contributed by atoms with Crippen molar-refractivity contribution in [2.45, 2.75) is 5.75 Å². The molecule has 0 aliphatic carbocycles. The highest BCUT2D eigenvalue weighted by atomic mass is 35.5. The van der Waals surface area contributed by atoms with Gasteiger partial charge in [0.05, 0.1) is 18.6 Å². The first-order valence-electron chi connectivity index (χ1n) is 6.49. The zero-order valence-corrected chi connectivity index (χ0v) is 13.9. The summed E-state index contributed by atoms with van der Waals surface area (Å²) in [6, 6.07) is 6.01. The molecule has 0 aliphatic heterocycles. The van der Waals surface area contributed by atoms with Gasteiger partial charge in [-0.1, -0.05) is 0 Å². The topological polar surface area (TPSA) is 91.5 Å². The molecular formula is C14H20ClN5OS. The van der Waals surface area contributed by atoms with Crippen LogP contribution in [0.1, 0.15) is 5.56 Å². The molecule has 0 saturated heterocycles. The van der Waals surface area contributed by atoms with Crippen LogP contribution >= 0.6 is 24.2 Å². The highest BCUT2D eigenvalue weighted by Crippen LogP contribution is 2.24. The second-order valence-corrected chi connectivity index (χ2v) is 5.21. The van der Waals surface area contributed by atoms with E-state index in [4.69, 9.17) is 16.2 Å². The summed E-state index contributed by atoms with van der Waals surface area (Å²) < 4.78 is 7.66. The van der Waals surface area contributed by atoms with Crippen LogP contribution < -0.4 is 16.2 Å². The molecule has 8 heteroatoms. The average Bonchev–Trinajstić information content (AvgIpc) is 2.98. The van der Waals surface area contributed by atoms with E-state index in [0.29, 0.717) is 13.2 Å². The first-order chi connectivity index (χ1) is 10.2. The third kappa shape index (κ3) is 5.16. The number of halogens is 1. The van der Waals surface area contributed by atoms with Crippen molar-refractivity contribution in [2.75, 3.05) is 19.4 Å². The summed E-state index contributed by atoms with van der Waals surface area (Å²) in [5, 5.41) is 0. The van der Waals surface area contributed by atoms with Crippen molar-refractivity contribution >= 4 is 30.1 Å². The van der Waals surface area contributed by atoms with Crippen molar-refractivity contribution in [3.63, 3.8) is 0 Å². The van der Waals surface area contributed by atoms with E-state index in [1.807, 2.05) is 29.0 Å². The van der Waals surface area contributed by atoms with E-state index in [0.717, 1.165) is 17.2 Å². The van der Waals surface area contributed by atoms with Gasteiger partial charge in [-0.05, 0) is 30.0 Å². The fourth-order valence-electron chi connectivity index (χ4n) is 1.91. The molecule has 4 N–H and O–H groups in total. The van der Waals surface area contributed by atoms with Gasteiger partial charge in [0.1, 0.15) is 12.4 Å². The van der Waals surface area contributed by atoms with Crippen LogP contribution in [0.3, 0.4) is 0 Å². The Morgan fingerprint density at radius 2 is 2.23 bits per heavy atom. The van der Waals surface area contributed by atoms with Gasteiger partial charge in [0, 0.05) is 18.1 Å². The van der Waals surface area contributed by atoms with Gasteiger partial charge in [0.2, 0.25) is 0 Å². The number of hydrogen-bond donors (Lipinski definition) is 2. The number of aromatic nitrogens is 2. The summed E-state index contributed by atoms with van der Waals surface area (Å²) in [4.78, 5) is 7.97. The van der Waals surface area contributed by atoms with Gasteiger partial charge in [0.15, 0.2) is 5.96 Å². The van der Waals surface area contributed by atoms with E-state index < -0.39 is 0 Å². The Bertz CT molecular complexity index is 599. The summed E-state index contributed by atoms with van der Waals surface area (Å²) in [6.07, 6.45) is 7.56. The van der Waals surface area contributed by atoms with Crippen LogP contribution in [-0.2, 0) is 5.75 Å². The summed E-state index contributed by atoms with van der Waals surface area (Å²) in [5.41, 5.74) is 12.8. The molecule has 120 valence electrons. The minimum absolute atomic E-state index is 0. The summed E-state index contributed by atoms with van der Waals surface area (Å²) in [7, 11) is 0. The van der Waals surface area contributed by atoms with Crippen molar-refractivity contribution in [1.82, 2.24) is 9.55 Å². The zero-order valence-electron chi connectivity index (χ0n) is 12.3. The summed E-state index contributed by atoms with van der Waals surface area (Å²) >= 11 is 1.76. The molecular weight excluding hydrogens is 322 g/mol. The maximum atomic E-state index is 5.66. The normalized spacial score (nSPS) is 9.86. The Morgan fingerprint density at radius 1 is 1.41 bits per heavy atom. The number of rotatable bonds is 7. The smallest absolute Gasteiger partial charge is 0.186 e. The van der Waals surface area contributed by atoms with Crippen molar-refractivity contribution < 1.29 is 4.74 Å². The second-order valence-electron chi connectivity index (χ2n) is 4.35. The molecule has 0 amide bonds. The molecule has 0 radical (unpaired) electrons. The predicted molar refractivity (Wildman–Crippen MR) is 94.2 cm³/mol. The van der Waals surface area contributed by atoms with Gasteiger partial charge in [-0.3, -0.25) is 4.99 Å². The number of aliphatic imine (C=N–C) groups is 1. The molecule has 0 aliphatic rings. The molecule has 0 saturated carbocycles. The molecule has 1 aromatic heterocycles. The molecule has 2 aromatic rings. The van der Waals surface area contributed by atoms with Crippen LogP contribution in [0.2, 0.25) is 0 Å². The highest BCUT2D eigenvalue weighted by molar-refractivity contribution is 7.97. The van der Waals surface area contributed by atoms with Crippen LogP contribution in [0.5, 0.6) is 5.75 Å². The van der Waals surface area contributed by atoms with E-state index in [9.17, 15) is 0 Å². The molecule has 0 atom stereocenters. The molecule has 0 fully saturated rings. The summed E-state index contributed by atoms with van der Waals surface area (Å²) in [5.74, 6) is 1.80. The lowest BCUT2D eigenvalue weighted by Crippen LogP contribution is -2.23. The Kier molecular flexibility index (Phi) is 7.62. The molecule has 22 heavy (non-hydrogen) atoms. The molecule has 0 spiro atoms. The van der Waals surface area contributed by atoms with E-state index in [2.05, 4.69) is 16.2 Å². The number of thioether (sulfide) groups is 1. The van der Waals surface area contributed by atoms with Crippen molar-refractivity contribution in [1.29, 1.82) is 0 Å². The second kappa shape index (κ2) is 9.22. The third-order valence-corrected chi connectivity index (χ3v) is 3.39. The number of ether oxygens (including phenoxy) is 1. The highest BCUT2D eigenvalue weighted by Gasteiger charge is 2.06. The fourth-order valence-corrected chi connectivity index (χ4v) is 2.46. The Hall–Kier alpha value is -1.86. The average molecular weight is 342 g/mol. The number of nitrogens with zero attached hydrogens (tertiary/aromatic N) is 3. The zero-order chi connectivity index (χ0) is 15.1. The molecule has 0 unspecified atom stereocenters. The van der Waals surface area contributed by atoms with E-state index in [1.165, 1.54) is 5.56 Å². The lowest BCUT2D eigenvalue weighted by molar-refractivity contribution is 0.328. The third-order valence-electron chi connectivity index (χ3n) is 2.79. The van der Waals surface area contributed by atoms with Crippen LogP contribution in [0.4, 0.5) is 0 Å². The quantitative estimate of drug-likeness (QED) is 0.455. The number of hydrogen-bond acceptors (Lipinski definition) is 4. The molecule has 1 heterocycles. The first-order valence-corrected chi connectivity index (χ1v) is 7.88. The predicted octanol–water partition coefficient (Wildman–Crippen LogP) is 1.81. The van der Waals surface area contributed by atoms with Crippen LogP contribution in [0, 0.1) is 0 Å². The van der Waals surface area contributed by atoms with Crippen LogP contribution in [0.15, 0.2) is 41.9 Å². The van der Waals surface area contributed by atoms with Gasteiger partial charge < -0.3 is 20.8 Å². The van der Waals surface area contributed by atoms with Crippen molar-refractivity contribution in [2.24, 2.45) is 16.5 Å². The maximum absolute atomic E-state index is 5.66. The van der Waals surface area contributed by atoms with E-state index >= 15 is 0 Å². The standard InChI is InChI=1S/C14H19N5OS.ClH/c1-21-9-11-8-12(20-7-5-18-14(15)16)2-3-13(11)19-6-4-17-10-19;/h2-4,6,8,10H,5,7,9H2,1H3,(H4,15,16,18);1H. The van der Waals surface area contributed by atoms with E-state index in [-0.39, 0.29) is 18.4 Å². The number of benzene rings is 1. The maximum Gasteiger partial charge on any atom is 0.186 e. The Labute approximate surface area is 140 Å². The first kappa shape index (κ1) is 18.2. The van der Waals surface area contributed by atoms with Gasteiger partial charge in [-0.15, -0.1) is 12.4 Å². The Balaban J connectivity index is 0.00000242. The van der Waals surface area contributed by atoms with Gasteiger partial charge in [-0.25, -0.2) is 4.98 Å². The molecule has 2 rings (SSSR count). The lowest BCUT2D eigenvalue weighted by Gasteiger charge is -2.12. The van der Waals surface area contributed by atoms with Crippen molar-refractivity contribution in [3.05, 3.63) is 42.5 Å². The van der Waals surface area contributed by atoms with E-state index in [1.54, 1.807) is 24.3 Å². The molecule has 6 nitrogen and oxygen atoms in total. The lowest BCUT2D eigenvalue weighted by atomic mass is 10.2. The number of imidazole rings is 1. The Morgan fingerprint density at radius 3 is 2.86 bits per heavy atom. The van der Waals surface area contributed by atoms with Crippen LogP contribution in [0.25, 0.3) is 5.69 Å². The SMILES string of the molecule is CSCc1cc(OCCN=C(N)N)ccc1-n1ccnc1.Cl. The number of guanidine groups is 1. The van der Waals surface area contributed by atoms with Crippen molar-refractivity contribution in [3.8, 4) is 11.4 Å². The van der Waals surface area contributed by atoms with Gasteiger partial charge in [-0.2, -0.15) is 11.8 Å². The molecule has 0 bridgehead atoms. The van der Waals surface area contributed by atoms with Crippen LogP contribution in [-0.4, -0.2) is 34.9 Å². The minimum atomic E-state index is 0.